The zero-order chi connectivity index (χ0) is 30.3. The van der Waals surface area contributed by atoms with E-state index in [0.29, 0.717) is 12.8 Å². The van der Waals surface area contributed by atoms with Gasteiger partial charge in [-0.3, -0.25) is 4.79 Å². The van der Waals surface area contributed by atoms with Crippen molar-refractivity contribution in [2.24, 2.45) is 11.8 Å². The molecule has 2 unspecified atom stereocenters. The van der Waals surface area contributed by atoms with Gasteiger partial charge in [-0.2, -0.15) is 0 Å². The summed E-state index contributed by atoms with van der Waals surface area (Å²) in [6, 6.07) is 10.5. The van der Waals surface area contributed by atoms with Gasteiger partial charge in [-0.25, -0.2) is 0 Å². The Kier molecular flexibility index (Phi) is 14.7. The van der Waals surface area contributed by atoms with Gasteiger partial charge in [-0.15, -0.1) is 0 Å². The zero-order valence-corrected chi connectivity index (χ0v) is 26.3. The largest absolute Gasteiger partial charge is 0.463 e. The number of hydrogen-bond donors (Lipinski definition) is 1. The van der Waals surface area contributed by atoms with Gasteiger partial charge in [0.1, 0.15) is 0 Å². The minimum absolute atomic E-state index is 0.0349. The second kappa shape index (κ2) is 18.7. The van der Waals surface area contributed by atoms with Crippen LogP contribution in [0.3, 0.4) is 0 Å². The summed E-state index contributed by atoms with van der Waals surface area (Å²) in [5.41, 5.74) is 1.29. The molecule has 1 saturated carbocycles. The maximum absolute atomic E-state index is 11.8. The van der Waals surface area contributed by atoms with E-state index in [2.05, 4.69) is 48.6 Å². The van der Waals surface area contributed by atoms with E-state index in [1.54, 1.807) is 0 Å². The highest BCUT2D eigenvalue weighted by Crippen LogP contribution is 2.39. The van der Waals surface area contributed by atoms with Crippen molar-refractivity contribution >= 4 is 5.97 Å². The molecule has 240 valence electrons. The van der Waals surface area contributed by atoms with Gasteiger partial charge in [0, 0.05) is 32.0 Å². The molecule has 1 aliphatic carbocycles. The number of benzene rings is 1. The van der Waals surface area contributed by atoms with Crippen LogP contribution in [-0.4, -0.2) is 61.3 Å². The van der Waals surface area contributed by atoms with Crippen LogP contribution in [0.25, 0.3) is 0 Å². The molecule has 3 fully saturated rings. The lowest BCUT2D eigenvalue weighted by Gasteiger charge is -2.30. The van der Waals surface area contributed by atoms with Crippen LogP contribution >= 0.6 is 0 Å². The summed E-state index contributed by atoms with van der Waals surface area (Å²) in [5.74, 6) is -0.0681. The van der Waals surface area contributed by atoms with Crippen LogP contribution in [0, 0.1) is 11.8 Å². The summed E-state index contributed by atoms with van der Waals surface area (Å²) in [5, 5.41) is 11.2. The van der Waals surface area contributed by atoms with Crippen molar-refractivity contribution in [1.29, 1.82) is 0 Å². The van der Waals surface area contributed by atoms with E-state index >= 15 is 0 Å². The average molecular weight is 599 g/mol. The Bertz CT molecular complexity index is 965. The fourth-order valence-corrected chi connectivity index (χ4v) is 6.33. The number of esters is 1. The second-order valence-electron chi connectivity index (χ2n) is 12.5. The predicted molar refractivity (Wildman–Crippen MR) is 167 cm³/mol. The lowest BCUT2D eigenvalue weighted by atomic mass is 9.89. The standard InChI is InChI=1S/C36H54O7/c1-27(2)41-34(38)17-9-4-3-8-16-30-31(33(26-32(30)37)43-36-19-11-13-25-40-36)23-22-29(42-35-18-10-12-24-39-35)21-20-28-14-6-5-7-15-28/h3,5-8,14-15,22-23,27,29-33,35-37H,4,9-13,16-21,24-26H2,1-2H3/t29-,30+,31+,32-,33+,35?,36?/m0/s1. The number of ether oxygens (including phenoxy) is 5. The Labute approximate surface area is 259 Å². The van der Waals surface area contributed by atoms with Crippen LogP contribution in [0.1, 0.15) is 96.5 Å². The van der Waals surface area contributed by atoms with Crippen LogP contribution in [0.2, 0.25) is 0 Å². The van der Waals surface area contributed by atoms with Crippen LogP contribution < -0.4 is 0 Å². The minimum Gasteiger partial charge on any atom is -0.463 e. The first-order valence-corrected chi connectivity index (χ1v) is 16.8. The monoisotopic (exact) mass is 598 g/mol. The third-order valence-corrected chi connectivity index (χ3v) is 8.62. The van der Waals surface area contributed by atoms with Gasteiger partial charge < -0.3 is 28.8 Å². The van der Waals surface area contributed by atoms with Gasteiger partial charge >= 0.3 is 5.97 Å². The quantitative estimate of drug-likeness (QED) is 0.124. The molecule has 3 aliphatic rings. The fraction of sp³-hybridized carbons (Fsp3) is 0.694. The molecule has 2 aliphatic heterocycles. The summed E-state index contributed by atoms with van der Waals surface area (Å²) in [4.78, 5) is 11.8. The van der Waals surface area contributed by atoms with Crippen LogP contribution in [0.4, 0.5) is 0 Å². The molecular weight excluding hydrogens is 544 g/mol. The summed E-state index contributed by atoms with van der Waals surface area (Å²) in [6.45, 7) is 5.22. The number of hydrogen-bond acceptors (Lipinski definition) is 7. The highest BCUT2D eigenvalue weighted by Gasteiger charge is 2.42. The van der Waals surface area contributed by atoms with Crippen molar-refractivity contribution in [1.82, 2.24) is 0 Å². The number of rotatable bonds is 16. The van der Waals surface area contributed by atoms with Crippen molar-refractivity contribution in [3.8, 4) is 0 Å². The van der Waals surface area contributed by atoms with Crippen molar-refractivity contribution < 1.29 is 33.6 Å². The molecule has 43 heavy (non-hydrogen) atoms. The molecule has 0 amide bonds. The zero-order valence-electron chi connectivity index (χ0n) is 26.3. The van der Waals surface area contributed by atoms with Crippen LogP contribution in [0.15, 0.2) is 54.6 Å². The molecule has 0 bridgehead atoms. The number of carbonyl (C=O) groups excluding carboxylic acids is 1. The number of aliphatic hydroxyl groups excluding tert-OH is 1. The first-order valence-electron chi connectivity index (χ1n) is 16.8. The molecule has 1 N–H and O–H groups in total. The van der Waals surface area contributed by atoms with Gasteiger partial charge in [-0.1, -0.05) is 54.6 Å². The number of aliphatic hydroxyl groups is 1. The Hall–Kier alpha value is -2.03. The highest BCUT2D eigenvalue weighted by molar-refractivity contribution is 5.69. The highest BCUT2D eigenvalue weighted by atomic mass is 16.7. The Morgan fingerprint density at radius 1 is 1.02 bits per heavy atom. The Balaban J connectivity index is 1.41. The smallest absolute Gasteiger partial charge is 0.306 e. The van der Waals surface area contributed by atoms with Crippen molar-refractivity contribution in [3.05, 3.63) is 60.2 Å². The molecule has 1 aromatic rings. The van der Waals surface area contributed by atoms with Gasteiger partial charge in [0.15, 0.2) is 12.6 Å². The summed E-state index contributed by atoms with van der Waals surface area (Å²) >= 11 is 0. The maximum Gasteiger partial charge on any atom is 0.306 e. The molecule has 0 spiro atoms. The van der Waals surface area contributed by atoms with Gasteiger partial charge in [0.2, 0.25) is 0 Å². The van der Waals surface area contributed by atoms with Crippen molar-refractivity contribution in [2.45, 2.75) is 134 Å². The molecule has 0 radical (unpaired) electrons. The Morgan fingerprint density at radius 2 is 1.77 bits per heavy atom. The van der Waals surface area contributed by atoms with E-state index in [-0.39, 0.29) is 48.7 Å². The van der Waals surface area contributed by atoms with Gasteiger partial charge in [0.05, 0.1) is 24.4 Å². The van der Waals surface area contributed by atoms with Crippen LogP contribution in [-0.2, 0) is 34.9 Å². The molecule has 2 saturated heterocycles. The SMILES string of the molecule is CC(C)OC(=O)CCCC=CC[C@@H]1[C@@H](C=C[C@H](CCc2ccccc2)OC2CCCCO2)[C@H](OC2CCCCO2)C[C@@H]1O. The van der Waals surface area contributed by atoms with E-state index in [4.69, 9.17) is 23.7 Å². The van der Waals surface area contributed by atoms with E-state index in [1.165, 1.54) is 5.56 Å². The van der Waals surface area contributed by atoms with Crippen molar-refractivity contribution in [2.75, 3.05) is 13.2 Å². The first-order chi connectivity index (χ1) is 21.0. The molecule has 1 aromatic carbocycles. The lowest BCUT2D eigenvalue weighted by molar-refractivity contribution is -0.193. The van der Waals surface area contributed by atoms with E-state index in [0.717, 1.165) is 83.8 Å². The number of unbranched alkanes of at least 4 members (excludes halogenated alkanes) is 1. The molecule has 7 atom stereocenters. The minimum atomic E-state index is -0.459. The second-order valence-corrected chi connectivity index (χ2v) is 12.5. The fourth-order valence-electron chi connectivity index (χ4n) is 6.33. The number of allylic oxidation sites excluding steroid dienone is 2. The molecule has 7 nitrogen and oxygen atoms in total. The van der Waals surface area contributed by atoms with Gasteiger partial charge in [0.25, 0.3) is 0 Å². The Morgan fingerprint density at radius 3 is 2.47 bits per heavy atom. The normalized spacial score (nSPS) is 29.0. The molecule has 2 heterocycles. The third kappa shape index (κ3) is 12.1. The van der Waals surface area contributed by atoms with Gasteiger partial charge in [-0.05, 0) is 96.0 Å². The molecule has 4 rings (SSSR count). The summed E-state index contributed by atoms with van der Waals surface area (Å²) in [6.07, 6.45) is 18.9. The van der Waals surface area contributed by atoms with E-state index in [1.807, 2.05) is 19.9 Å². The number of aryl methyl sites for hydroxylation is 1. The topological polar surface area (TPSA) is 83.5 Å². The number of carbonyl (C=O) groups is 1. The molecular formula is C36H54O7. The third-order valence-electron chi connectivity index (χ3n) is 8.62. The van der Waals surface area contributed by atoms with Crippen molar-refractivity contribution in [3.63, 3.8) is 0 Å². The molecule has 7 heteroatoms. The van der Waals surface area contributed by atoms with E-state index < -0.39 is 6.10 Å². The lowest BCUT2D eigenvalue weighted by Crippen LogP contribution is -2.31. The summed E-state index contributed by atoms with van der Waals surface area (Å²) < 4.78 is 30.1. The molecule has 0 aromatic heterocycles. The summed E-state index contributed by atoms with van der Waals surface area (Å²) in [7, 11) is 0. The predicted octanol–water partition coefficient (Wildman–Crippen LogP) is 7.06. The van der Waals surface area contributed by atoms with Crippen LogP contribution in [0.5, 0.6) is 0 Å². The van der Waals surface area contributed by atoms with E-state index in [9.17, 15) is 9.90 Å². The average Bonchev–Trinajstić information content (AvgIpc) is 3.30. The first kappa shape index (κ1) is 33.9. The maximum atomic E-state index is 11.8.